The molecule has 0 bridgehead atoms. The Morgan fingerprint density at radius 3 is 2.25 bits per heavy atom. The van der Waals surface area contributed by atoms with E-state index in [1.165, 1.54) is 18.4 Å². The molecule has 90 valence electrons. The highest BCUT2D eigenvalue weighted by Crippen LogP contribution is 2.25. The third kappa shape index (κ3) is 5.55. The Labute approximate surface area is 105 Å². The van der Waals surface area contributed by atoms with Gasteiger partial charge >= 0.3 is 0 Å². The summed E-state index contributed by atoms with van der Waals surface area (Å²) in [6.07, 6.45) is 3.58. The van der Waals surface area contributed by atoms with Crippen molar-refractivity contribution in [2.75, 3.05) is 5.88 Å². The van der Waals surface area contributed by atoms with Gasteiger partial charge in [0.25, 0.3) is 0 Å². The van der Waals surface area contributed by atoms with E-state index in [9.17, 15) is 0 Å². The summed E-state index contributed by atoms with van der Waals surface area (Å²) < 4.78 is 0. The second-order valence-electron chi connectivity index (χ2n) is 5.81. The van der Waals surface area contributed by atoms with Crippen molar-refractivity contribution in [2.45, 2.75) is 40.0 Å². The summed E-state index contributed by atoms with van der Waals surface area (Å²) in [5.41, 5.74) is 1.82. The third-order valence-corrected chi connectivity index (χ3v) is 3.32. The molecule has 16 heavy (non-hydrogen) atoms. The van der Waals surface area contributed by atoms with Crippen LogP contribution in [0.3, 0.4) is 0 Å². The fourth-order valence-corrected chi connectivity index (χ4v) is 2.08. The lowest BCUT2D eigenvalue weighted by Crippen LogP contribution is -2.12. The largest absolute Gasteiger partial charge is 0.126 e. The van der Waals surface area contributed by atoms with Crippen molar-refractivity contribution in [3.8, 4) is 0 Å². The van der Waals surface area contributed by atoms with Crippen LogP contribution >= 0.6 is 11.6 Å². The van der Waals surface area contributed by atoms with E-state index in [1.54, 1.807) is 0 Å². The van der Waals surface area contributed by atoms with Gasteiger partial charge in [0, 0.05) is 5.88 Å². The Kier molecular flexibility index (Phi) is 5.34. The van der Waals surface area contributed by atoms with Crippen molar-refractivity contribution in [1.82, 2.24) is 0 Å². The first-order valence-electron chi connectivity index (χ1n) is 6.11. The van der Waals surface area contributed by atoms with Crippen LogP contribution in [0.4, 0.5) is 0 Å². The van der Waals surface area contributed by atoms with Crippen molar-refractivity contribution < 1.29 is 0 Å². The van der Waals surface area contributed by atoms with Crippen molar-refractivity contribution in [1.29, 1.82) is 0 Å². The van der Waals surface area contributed by atoms with Gasteiger partial charge in [0.05, 0.1) is 0 Å². The third-order valence-electron chi connectivity index (χ3n) is 2.89. The highest BCUT2D eigenvalue weighted by molar-refractivity contribution is 6.18. The topological polar surface area (TPSA) is 0 Å². The maximum atomic E-state index is 6.05. The SMILES string of the molecule is CC(C)(C)CCC(CCl)Cc1ccccc1. The predicted molar refractivity (Wildman–Crippen MR) is 73.0 cm³/mol. The monoisotopic (exact) mass is 238 g/mol. The predicted octanol–water partition coefficient (Wildman–Crippen LogP) is 4.91. The van der Waals surface area contributed by atoms with Crippen LogP contribution in [0.15, 0.2) is 30.3 Å². The zero-order valence-corrected chi connectivity index (χ0v) is 11.4. The highest BCUT2D eigenvalue weighted by atomic mass is 35.5. The molecule has 0 saturated carbocycles. The Hall–Kier alpha value is -0.490. The molecule has 0 spiro atoms. The first-order valence-corrected chi connectivity index (χ1v) is 6.64. The molecule has 0 amide bonds. The maximum absolute atomic E-state index is 6.05. The van der Waals surface area contributed by atoms with Gasteiger partial charge in [-0.1, -0.05) is 51.1 Å². The number of benzene rings is 1. The van der Waals surface area contributed by atoms with Gasteiger partial charge in [-0.25, -0.2) is 0 Å². The molecular weight excluding hydrogens is 216 g/mol. The van der Waals surface area contributed by atoms with Crippen LogP contribution in [-0.4, -0.2) is 5.88 Å². The molecule has 0 nitrogen and oxygen atoms in total. The van der Waals surface area contributed by atoms with E-state index in [0.717, 1.165) is 12.3 Å². The molecule has 0 aromatic heterocycles. The van der Waals surface area contributed by atoms with Crippen LogP contribution < -0.4 is 0 Å². The quantitative estimate of drug-likeness (QED) is 0.640. The molecule has 0 fully saturated rings. The van der Waals surface area contributed by atoms with Gasteiger partial charge in [0.1, 0.15) is 0 Å². The molecule has 0 radical (unpaired) electrons. The van der Waals surface area contributed by atoms with Gasteiger partial charge < -0.3 is 0 Å². The summed E-state index contributed by atoms with van der Waals surface area (Å²) >= 11 is 6.05. The standard InChI is InChI=1S/C15H23Cl/c1-15(2,3)10-9-14(12-16)11-13-7-5-4-6-8-13/h4-8,14H,9-12H2,1-3H3. The minimum absolute atomic E-state index is 0.418. The summed E-state index contributed by atoms with van der Waals surface area (Å²) in [6, 6.07) is 10.6. The molecule has 0 heterocycles. The Morgan fingerprint density at radius 1 is 1.12 bits per heavy atom. The van der Waals surface area contributed by atoms with Crippen LogP contribution in [0.25, 0.3) is 0 Å². The van der Waals surface area contributed by atoms with E-state index in [-0.39, 0.29) is 0 Å². The zero-order valence-electron chi connectivity index (χ0n) is 10.7. The fraction of sp³-hybridized carbons (Fsp3) is 0.600. The van der Waals surface area contributed by atoms with Gasteiger partial charge in [0.2, 0.25) is 0 Å². The van der Waals surface area contributed by atoms with E-state index in [1.807, 2.05) is 0 Å². The summed E-state index contributed by atoms with van der Waals surface area (Å²) in [5.74, 6) is 1.38. The lowest BCUT2D eigenvalue weighted by atomic mass is 9.85. The maximum Gasteiger partial charge on any atom is 0.0254 e. The van der Waals surface area contributed by atoms with Gasteiger partial charge in [-0.05, 0) is 36.2 Å². The molecule has 0 aliphatic carbocycles. The molecule has 1 rings (SSSR count). The Morgan fingerprint density at radius 2 is 1.75 bits per heavy atom. The summed E-state index contributed by atoms with van der Waals surface area (Å²) in [7, 11) is 0. The number of alkyl halides is 1. The molecule has 1 atom stereocenters. The number of hydrogen-bond acceptors (Lipinski definition) is 0. The molecule has 0 aliphatic heterocycles. The average Bonchev–Trinajstić information content (AvgIpc) is 2.24. The minimum Gasteiger partial charge on any atom is -0.126 e. The van der Waals surface area contributed by atoms with Crippen LogP contribution in [0.1, 0.15) is 39.2 Å². The highest BCUT2D eigenvalue weighted by Gasteiger charge is 2.15. The molecular formula is C15H23Cl. The smallest absolute Gasteiger partial charge is 0.0254 e. The summed E-state index contributed by atoms with van der Waals surface area (Å²) in [4.78, 5) is 0. The molecule has 0 N–H and O–H groups in total. The lowest BCUT2D eigenvalue weighted by Gasteiger charge is -2.22. The first-order chi connectivity index (χ1) is 7.51. The Balaban J connectivity index is 2.44. The van der Waals surface area contributed by atoms with Crippen LogP contribution in [0, 0.1) is 11.3 Å². The second-order valence-corrected chi connectivity index (χ2v) is 6.12. The molecule has 0 saturated heterocycles. The van der Waals surface area contributed by atoms with Crippen LogP contribution in [0.5, 0.6) is 0 Å². The molecule has 0 aliphatic rings. The minimum atomic E-state index is 0.418. The van der Waals surface area contributed by atoms with E-state index in [2.05, 4.69) is 51.1 Å². The van der Waals surface area contributed by atoms with E-state index < -0.39 is 0 Å². The van der Waals surface area contributed by atoms with Gasteiger partial charge in [-0.2, -0.15) is 0 Å². The van der Waals surface area contributed by atoms with E-state index in [0.29, 0.717) is 11.3 Å². The second kappa shape index (κ2) is 6.30. The van der Waals surface area contributed by atoms with Gasteiger partial charge in [0.15, 0.2) is 0 Å². The number of hydrogen-bond donors (Lipinski definition) is 0. The number of rotatable bonds is 5. The van der Waals surface area contributed by atoms with Crippen molar-refractivity contribution in [2.24, 2.45) is 11.3 Å². The molecule has 1 heteroatoms. The van der Waals surface area contributed by atoms with Crippen molar-refractivity contribution in [3.63, 3.8) is 0 Å². The summed E-state index contributed by atoms with van der Waals surface area (Å²) in [5, 5.41) is 0. The lowest BCUT2D eigenvalue weighted by molar-refractivity contribution is 0.331. The molecule has 1 aromatic rings. The average molecular weight is 239 g/mol. The molecule has 1 unspecified atom stereocenters. The Bertz CT molecular complexity index is 284. The van der Waals surface area contributed by atoms with Crippen molar-refractivity contribution >= 4 is 11.6 Å². The summed E-state index contributed by atoms with van der Waals surface area (Å²) in [6.45, 7) is 6.88. The molecule has 1 aromatic carbocycles. The van der Waals surface area contributed by atoms with Gasteiger partial charge in [-0.15, -0.1) is 11.6 Å². The van der Waals surface area contributed by atoms with Crippen LogP contribution in [-0.2, 0) is 6.42 Å². The normalized spacial score (nSPS) is 13.8. The van der Waals surface area contributed by atoms with E-state index >= 15 is 0 Å². The zero-order chi connectivity index (χ0) is 12.0. The first kappa shape index (κ1) is 13.6. The van der Waals surface area contributed by atoms with Crippen LogP contribution in [0.2, 0.25) is 0 Å². The van der Waals surface area contributed by atoms with E-state index in [4.69, 9.17) is 11.6 Å². The van der Waals surface area contributed by atoms with Crippen molar-refractivity contribution in [3.05, 3.63) is 35.9 Å². The fourth-order valence-electron chi connectivity index (χ4n) is 1.82. The van der Waals surface area contributed by atoms with Gasteiger partial charge in [-0.3, -0.25) is 0 Å². The number of halogens is 1.